The lowest BCUT2D eigenvalue weighted by Crippen LogP contribution is -2.53. The van der Waals surface area contributed by atoms with Gasteiger partial charge in [-0.3, -0.25) is 9.59 Å². The molecule has 2 bridgehead atoms. The molecule has 34 heavy (non-hydrogen) atoms. The van der Waals surface area contributed by atoms with Gasteiger partial charge in [0.15, 0.2) is 29.7 Å². The van der Waals surface area contributed by atoms with Crippen LogP contribution in [0.5, 0.6) is 17.2 Å². The summed E-state index contributed by atoms with van der Waals surface area (Å²) in [5, 5.41) is 5.84. The number of hydrogen-bond donors (Lipinski definition) is 2. The van der Waals surface area contributed by atoms with Crippen molar-refractivity contribution in [2.45, 2.75) is 36.9 Å². The van der Waals surface area contributed by atoms with Gasteiger partial charge in [0.2, 0.25) is 6.10 Å². The molecule has 2 amide bonds. The minimum atomic E-state index is -1.09. The first kappa shape index (κ1) is 22.6. The quantitative estimate of drug-likeness (QED) is 0.642. The van der Waals surface area contributed by atoms with Crippen LogP contribution in [0.1, 0.15) is 19.3 Å². The average molecular weight is 497 g/mol. The molecule has 7 nitrogen and oxygen atoms in total. The smallest absolute Gasteiger partial charge is 0.264 e. The van der Waals surface area contributed by atoms with Gasteiger partial charge in [-0.2, -0.15) is 0 Å². The molecule has 2 aromatic carbocycles. The third kappa shape index (κ3) is 4.34. The van der Waals surface area contributed by atoms with Gasteiger partial charge in [0.25, 0.3) is 11.8 Å². The molecule has 180 valence electrons. The van der Waals surface area contributed by atoms with E-state index in [-0.39, 0.29) is 53.4 Å². The molecule has 11 heteroatoms. The van der Waals surface area contributed by atoms with Crippen molar-refractivity contribution in [3.8, 4) is 17.2 Å². The first-order chi connectivity index (χ1) is 16.2. The standard InChI is InChI=1S/C23H20ClF3N2O5/c24-13-2-1-12(3-14(13)25)32-10-21(30)29-23-6-11(7-23)17(8-23)28-22(31)20-9-33-18-4-15(26)16(27)5-19(18)34-20/h1-5,11,17,20H,6-10H2,(H,28,31)(H,29,30). The van der Waals surface area contributed by atoms with Gasteiger partial charge in [0, 0.05) is 29.8 Å². The molecular formula is C23H20ClF3N2O5. The fourth-order valence-corrected chi connectivity index (χ4v) is 4.94. The lowest BCUT2D eigenvalue weighted by molar-refractivity contribution is -0.131. The van der Waals surface area contributed by atoms with E-state index >= 15 is 0 Å². The third-order valence-corrected chi connectivity index (χ3v) is 6.72. The molecule has 3 aliphatic carbocycles. The van der Waals surface area contributed by atoms with Crippen molar-refractivity contribution in [2.24, 2.45) is 5.92 Å². The topological polar surface area (TPSA) is 85.9 Å². The average Bonchev–Trinajstić information content (AvgIpc) is 3.28. The van der Waals surface area contributed by atoms with E-state index in [0.29, 0.717) is 19.3 Å². The highest BCUT2D eigenvalue weighted by molar-refractivity contribution is 6.30. The summed E-state index contributed by atoms with van der Waals surface area (Å²) >= 11 is 5.63. The minimum absolute atomic E-state index is 0.0364. The van der Waals surface area contributed by atoms with Gasteiger partial charge < -0.3 is 24.8 Å². The highest BCUT2D eigenvalue weighted by atomic mass is 35.5. The van der Waals surface area contributed by atoms with Gasteiger partial charge in [-0.25, -0.2) is 13.2 Å². The molecule has 1 aliphatic heterocycles. The number of carbonyl (C=O) groups is 2. The monoisotopic (exact) mass is 496 g/mol. The molecule has 0 radical (unpaired) electrons. The van der Waals surface area contributed by atoms with Crippen LogP contribution in [-0.2, 0) is 9.59 Å². The van der Waals surface area contributed by atoms with Gasteiger partial charge >= 0.3 is 0 Å². The van der Waals surface area contributed by atoms with Gasteiger partial charge in [0.1, 0.15) is 18.2 Å². The number of rotatable bonds is 6. The van der Waals surface area contributed by atoms with Crippen LogP contribution in [0.2, 0.25) is 5.02 Å². The zero-order chi connectivity index (χ0) is 24.0. The molecular weight excluding hydrogens is 477 g/mol. The summed E-state index contributed by atoms with van der Waals surface area (Å²) in [6.45, 7) is -0.417. The molecule has 4 aliphatic rings. The maximum atomic E-state index is 13.5. The van der Waals surface area contributed by atoms with Gasteiger partial charge in [-0.1, -0.05) is 11.6 Å². The van der Waals surface area contributed by atoms with Crippen LogP contribution in [0.15, 0.2) is 30.3 Å². The predicted octanol–water partition coefficient (Wildman–Crippen LogP) is 3.13. The Morgan fingerprint density at radius 2 is 1.79 bits per heavy atom. The minimum Gasteiger partial charge on any atom is -0.485 e. The lowest BCUT2D eigenvalue weighted by atomic mass is 9.76. The van der Waals surface area contributed by atoms with E-state index < -0.39 is 35.0 Å². The molecule has 0 spiro atoms. The highest BCUT2D eigenvalue weighted by Crippen LogP contribution is 2.52. The third-order valence-electron chi connectivity index (χ3n) is 6.42. The van der Waals surface area contributed by atoms with Crippen molar-refractivity contribution in [3.05, 3.63) is 52.8 Å². The van der Waals surface area contributed by atoms with Crippen molar-refractivity contribution < 1.29 is 37.0 Å². The number of carbonyl (C=O) groups excluding carboxylic acids is 2. The Hall–Kier alpha value is -3.14. The largest absolute Gasteiger partial charge is 0.485 e. The number of ether oxygens (including phenoxy) is 3. The number of hydrogen-bond acceptors (Lipinski definition) is 5. The number of nitrogens with one attached hydrogen (secondary N) is 2. The second-order valence-corrected chi connectivity index (χ2v) is 9.22. The fraction of sp³-hybridized carbons (Fsp3) is 0.391. The summed E-state index contributed by atoms with van der Waals surface area (Å²) < 4.78 is 56.5. The zero-order valence-corrected chi connectivity index (χ0v) is 18.5. The molecule has 3 saturated carbocycles. The van der Waals surface area contributed by atoms with Crippen LogP contribution < -0.4 is 24.8 Å². The maximum Gasteiger partial charge on any atom is 0.264 e. The van der Waals surface area contributed by atoms with Crippen LogP contribution in [0.25, 0.3) is 0 Å². The first-order valence-electron chi connectivity index (χ1n) is 10.7. The van der Waals surface area contributed by atoms with Gasteiger partial charge in [-0.05, 0) is 37.3 Å². The van der Waals surface area contributed by atoms with Crippen LogP contribution in [-0.4, -0.2) is 42.7 Å². The summed E-state index contributed by atoms with van der Waals surface area (Å²) in [4.78, 5) is 25.0. The Balaban J connectivity index is 1.11. The normalized spacial score (nSPS) is 26.4. The first-order valence-corrected chi connectivity index (χ1v) is 11.1. The fourth-order valence-electron chi connectivity index (χ4n) is 4.82. The van der Waals surface area contributed by atoms with Gasteiger partial charge in [0.05, 0.1) is 5.02 Å². The van der Waals surface area contributed by atoms with E-state index in [0.717, 1.165) is 18.2 Å². The number of halogens is 4. The molecule has 0 saturated heterocycles. The van der Waals surface area contributed by atoms with E-state index in [1.165, 1.54) is 12.1 Å². The highest BCUT2D eigenvalue weighted by Gasteiger charge is 2.57. The maximum absolute atomic E-state index is 13.5. The lowest BCUT2D eigenvalue weighted by Gasteiger charge is -2.39. The Morgan fingerprint density at radius 3 is 2.53 bits per heavy atom. The summed E-state index contributed by atoms with van der Waals surface area (Å²) in [5.74, 6) is -3.19. The molecule has 2 atom stereocenters. The molecule has 2 aromatic rings. The zero-order valence-electron chi connectivity index (χ0n) is 17.7. The summed E-state index contributed by atoms with van der Waals surface area (Å²) in [6.07, 6.45) is 0.937. The van der Waals surface area contributed by atoms with Crippen molar-refractivity contribution in [1.82, 2.24) is 10.6 Å². The van der Waals surface area contributed by atoms with Crippen LogP contribution in [0, 0.1) is 23.4 Å². The summed E-state index contributed by atoms with van der Waals surface area (Å²) in [7, 11) is 0. The Kier molecular flexibility index (Phi) is 5.71. The number of amides is 2. The van der Waals surface area contributed by atoms with Crippen molar-refractivity contribution in [2.75, 3.05) is 13.2 Å². The molecule has 2 N–H and O–H groups in total. The second-order valence-electron chi connectivity index (χ2n) is 8.81. The van der Waals surface area contributed by atoms with E-state index in [1.807, 2.05) is 0 Å². The predicted molar refractivity (Wildman–Crippen MR) is 113 cm³/mol. The van der Waals surface area contributed by atoms with Gasteiger partial charge in [-0.15, -0.1) is 0 Å². The molecule has 3 fully saturated rings. The van der Waals surface area contributed by atoms with Crippen LogP contribution in [0.4, 0.5) is 13.2 Å². The van der Waals surface area contributed by atoms with E-state index in [1.54, 1.807) is 0 Å². The Morgan fingerprint density at radius 1 is 1.06 bits per heavy atom. The molecule has 2 unspecified atom stereocenters. The second kappa shape index (κ2) is 8.57. The molecule has 6 rings (SSSR count). The molecule has 1 heterocycles. The number of benzene rings is 2. The Labute approximate surface area is 197 Å². The number of fused-ring (bicyclic) bond motifs is 2. The van der Waals surface area contributed by atoms with Crippen molar-refractivity contribution in [1.29, 1.82) is 0 Å². The van der Waals surface area contributed by atoms with Crippen LogP contribution in [0.3, 0.4) is 0 Å². The summed E-state index contributed by atoms with van der Waals surface area (Å²) in [6, 6.07) is 5.48. The molecule has 0 aromatic heterocycles. The SMILES string of the molecule is O=C(COc1ccc(Cl)c(F)c1)NC12CC(C1)C(NC(=O)C1COc3cc(F)c(F)cc3O1)C2. The van der Waals surface area contributed by atoms with E-state index in [2.05, 4.69) is 10.6 Å². The Bertz CT molecular complexity index is 1160. The van der Waals surface area contributed by atoms with E-state index in [9.17, 15) is 22.8 Å². The van der Waals surface area contributed by atoms with Crippen molar-refractivity contribution >= 4 is 23.4 Å². The van der Waals surface area contributed by atoms with E-state index in [4.69, 9.17) is 25.8 Å². The van der Waals surface area contributed by atoms with Crippen molar-refractivity contribution in [3.63, 3.8) is 0 Å². The summed E-state index contributed by atoms with van der Waals surface area (Å²) in [5.41, 5.74) is -0.439. The van der Waals surface area contributed by atoms with Crippen LogP contribution >= 0.6 is 11.6 Å².